The minimum Gasteiger partial charge on any atom is -0.306 e. The van der Waals surface area contributed by atoms with Gasteiger partial charge < -0.3 is 5.32 Å². The standard InChI is InChI=1S/C21H24N8O/c1-13(2)28-18-14(12-25-28)9-15(11-24-18)19(30)26-17-10-16(21(3,4)5)27-29(17)20-22-7-6-8-23-20/h6-13H,1-5H3,(H,26,30). The van der Waals surface area contributed by atoms with E-state index in [1.807, 2.05) is 24.6 Å². The first kappa shape index (κ1) is 19.7. The van der Waals surface area contributed by atoms with Crippen molar-refractivity contribution >= 4 is 22.8 Å². The minimum atomic E-state index is -0.292. The molecule has 9 nitrogen and oxygen atoms in total. The van der Waals surface area contributed by atoms with Crippen LogP contribution in [0.15, 0.2) is 43.0 Å². The lowest BCUT2D eigenvalue weighted by Gasteiger charge is -2.13. The number of fused-ring (bicyclic) bond motifs is 1. The molecule has 0 saturated heterocycles. The van der Waals surface area contributed by atoms with E-state index in [9.17, 15) is 4.79 Å². The van der Waals surface area contributed by atoms with Gasteiger partial charge >= 0.3 is 0 Å². The van der Waals surface area contributed by atoms with Crippen LogP contribution in [0.2, 0.25) is 0 Å². The largest absolute Gasteiger partial charge is 0.306 e. The molecule has 154 valence electrons. The molecular formula is C21H24N8O. The summed E-state index contributed by atoms with van der Waals surface area (Å²) in [5.74, 6) is 0.587. The highest BCUT2D eigenvalue weighted by molar-refractivity contribution is 6.05. The van der Waals surface area contributed by atoms with Crippen molar-refractivity contribution in [2.75, 3.05) is 5.32 Å². The highest BCUT2D eigenvalue weighted by Gasteiger charge is 2.23. The SMILES string of the molecule is CC(C)n1ncc2cc(C(=O)Nc3cc(C(C)(C)C)nn3-c3ncccn3)cnc21. The molecule has 0 aliphatic carbocycles. The summed E-state index contributed by atoms with van der Waals surface area (Å²) in [6, 6.07) is 5.55. The maximum Gasteiger partial charge on any atom is 0.258 e. The molecule has 0 bridgehead atoms. The van der Waals surface area contributed by atoms with Crippen LogP contribution in [0, 0.1) is 0 Å². The van der Waals surface area contributed by atoms with E-state index in [1.165, 1.54) is 0 Å². The van der Waals surface area contributed by atoms with Crippen molar-refractivity contribution in [3.05, 3.63) is 54.2 Å². The molecule has 1 amide bonds. The van der Waals surface area contributed by atoms with Crippen molar-refractivity contribution in [3.8, 4) is 5.95 Å². The number of pyridine rings is 1. The Morgan fingerprint density at radius 1 is 1.07 bits per heavy atom. The summed E-state index contributed by atoms with van der Waals surface area (Å²) in [7, 11) is 0. The van der Waals surface area contributed by atoms with Gasteiger partial charge in [0, 0.05) is 41.5 Å². The number of hydrogen-bond acceptors (Lipinski definition) is 6. The molecule has 4 aromatic heterocycles. The summed E-state index contributed by atoms with van der Waals surface area (Å²) in [6.45, 7) is 10.2. The Labute approximate surface area is 174 Å². The molecule has 1 N–H and O–H groups in total. The molecule has 0 atom stereocenters. The van der Waals surface area contributed by atoms with Crippen molar-refractivity contribution in [2.45, 2.75) is 46.1 Å². The Bertz CT molecular complexity index is 1200. The number of nitrogens with one attached hydrogen (secondary N) is 1. The van der Waals surface area contributed by atoms with Gasteiger partial charge in [-0.15, -0.1) is 0 Å². The van der Waals surface area contributed by atoms with Gasteiger partial charge in [-0.25, -0.2) is 19.6 Å². The van der Waals surface area contributed by atoms with Crippen LogP contribution in [-0.4, -0.2) is 40.4 Å². The van der Waals surface area contributed by atoms with Crippen molar-refractivity contribution in [1.29, 1.82) is 0 Å². The Balaban J connectivity index is 1.69. The van der Waals surface area contributed by atoms with Crippen molar-refractivity contribution < 1.29 is 4.79 Å². The fourth-order valence-electron chi connectivity index (χ4n) is 3.02. The number of carbonyl (C=O) groups is 1. The van der Waals surface area contributed by atoms with Crippen molar-refractivity contribution in [2.24, 2.45) is 0 Å². The monoisotopic (exact) mass is 404 g/mol. The average molecular weight is 404 g/mol. The van der Waals surface area contributed by atoms with E-state index in [0.29, 0.717) is 17.3 Å². The Morgan fingerprint density at radius 2 is 1.80 bits per heavy atom. The quantitative estimate of drug-likeness (QED) is 0.558. The van der Waals surface area contributed by atoms with Gasteiger partial charge in [0.2, 0.25) is 0 Å². The number of hydrogen-bond donors (Lipinski definition) is 1. The van der Waals surface area contributed by atoms with Gasteiger partial charge in [0.05, 0.1) is 17.5 Å². The lowest BCUT2D eigenvalue weighted by molar-refractivity contribution is 0.102. The first-order valence-corrected chi connectivity index (χ1v) is 9.76. The van der Waals surface area contributed by atoms with E-state index in [-0.39, 0.29) is 17.4 Å². The third-order valence-corrected chi connectivity index (χ3v) is 4.65. The summed E-state index contributed by atoms with van der Waals surface area (Å²) in [5.41, 5.74) is 1.80. The molecular weight excluding hydrogens is 380 g/mol. The highest BCUT2D eigenvalue weighted by Crippen LogP contribution is 2.26. The van der Waals surface area contributed by atoms with Gasteiger partial charge in [-0.05, 0) is 26.0 Å². The molecule has 9 heteroatoms. The normalized spacial score (nSPS) is 11.9. The van der Waals surface area contributed by atoms with Gasteiger partial charge in [-0.2, -0.15) is 14.9 Å². The maximum atomic E-state index is 13.0. The highest BCUT2D eigenvalue weighted by atomic mass is 16.1. The lowest BCUT2D eigenvalue weighted by atomic mass is 9.92. The van der Waals surface area contributed by atoms with E-state index in [4.69, 9.17) is 0 Å². The predicted octanol–water partition coefficient (Wildman–Crippen LogP) is 3.54. The van der Waals surface area contributed by atoms with Gasteiger partial charge in [0.1, 0.15) is 5.82 Å². The zero-order chi connectivity index (χ0) is 21.5. The topological polar surface area (TPSA) is 103 Å². The lowest BCUT2D eigenvalue weighted by Crippen LogP contribution is -2.16. The van der Waals surface area contributed by atoms with E-state index in [2.05, 4.69) is 51.2 Å². The average Bonchev–Trinajstić information content (AvgIpc) is 3.32. The van der Waals surface area contributed by atoms with Crippen LogP contribution in [0.5, 0.6) is 0 Å². The van der Waals surface area contributed by atoms with Crippen LogP contribution in [0.1, 0.15) is 56.7 Å². The molecule has 0 radical (unpaired) electrons. The van der Waals surface area contributed by atoms with E-state index < -0.39 is 0 Å². The zero-order valence-electron chi connectivity index (χ0n) is 17.7. The fraction of sp³-hybridized carbons (Fsp3) is 0.333. The molecule has 0 spiro atoms. The molecule has 0 aliphatic heterocycles. The Morgan fingerprint density at radius 3 is 2.47 bits per heavy atom. The molecule has 4 heterocycles. The first-order chi connectivity index (χ1) is 14.2. The van der Waals surface area contributed by atoms with E-state index >= 15 is 0 Å². The van der Waals surface area contributed by atoms with E-state index in [1.54, 1.807) is 41.6 Å². The summed E-state index contributed by atoms with van der Waals surface area (Å²) >= 11 is 0. The summed E-state index contributed by atoms with van der Waals surface area (Å²) < 4.78 is 3.37. The van der Waals surface area contributed by atoms with Crippen LogP contribution in [0.3, 0.4) is 0 Å². The van der Waals surface area contributed by atoms with Crippen LogP contribution >= 0.6 is 0 Å². The molecule has 30 heavy (non-hydrogen) atoms. The van der Waals surface area contributed by atoms with Gasteiger partial charge in [-0.1, -0.05) is 20.8 Å². The molecule has 0 saturated carbocycles. The number of anilines is 1. The number of rotatable bonds is 4. The number of aromatic nitrogens is 7. The molecule has 0 aromatic carbocycles. The third kappa shape index (κ3) is 3.66. The second kappa shape index (κ2) is 7.33. The maximum absolute atomic E-state index is 13.0. The number of carbonyl (C=O) groups excluding carboxylic acids is 1. The fourth-order valence-corrected chi connectivity index (χ4v) is 3.02. The van der Waals surface area contributed by atoms with Gasteiger partial charge in [-0.3, -0.25) is 4.79 Å². The van der Waals surface area contributed by atoms with Crippen LogP contribution < -0.4 is 5.32 Å². The predicted molar refractivity (Wildman–Crippen MR) is 114 cm³/mol. The van der Waals surface area contributed by atoms with Crippen LogP contribution in [-0.2, 0) is 5.41 Å². The van der Waals surface area contributed by atoms with E-state index in [0.717, 1.165) is 16.7 Å². The molecule has 4 rings (SSSR count). The second-order valence-electron chi connectivity index (χ2n) is 8.40. The summed E-state index contributed by atoms with van der Waals surface area (Å²) in [4.78, 5) is 25.9. The van der Waals surface area contributed by atoms with Crippen molar-refractivity contribution in [1.82, 2.24) is 34.5 Å². The van der Waals surface area contributed by atoms with Crippen LogP contribution in [0.25, 0.3) is 17.0 Å². The van der Waals surface area contributed by atoms with Gasteiger partial charge in [0.15, 0.2) is 5.65 Å². The zero-order valence-corrected chi connectivity index (χ0v) is 17.7. The first-order valence-electron chi connectivity index (χ1n) is 9.76. The molecule has 0 fully saturated rings. The van der Waals surface area contributed by atoms with Crippen LogP contribution in [0.4, 0.5) is 5.82 Å². The van der Waals surface area contributed by atoms with Crippen molar-refractivity contribution in [3.63, 3.8) is 0 Å². The third-order valence-electron chi connectivity index (χ3n) is 4.65. The Kier molecular flexibility index (Phi) is 4.81. The molecule has 0 aliphatic rings. The molecule has 4 aromatic rings. The minimum absolute atomic E-state index is 0.186. The molecule has 0 unspecified atom stereocenters. The number of amides is 1. The van der Waals surface area contributed by atoms with Gasteiger partial charge in [0.25, 0.3) is 11.9 Å². The smallest absolute Gasteiger partial charge is 0.258 e. The second-order valence-corrected chi connectivity index (χ2v) is 8.40. The Hall–Kier alpha value is -3.62. The summed E-state index contributed by atoms with van der Waals surface area (Å²) in [5, 5.41) is 12.7. The summed E-state index contributed by atoms with van der Waals surface area (Å²) in [6.07, 6.45) is 6.55. The number of nitrogens with zero attached hydrogens (tertiary/aromatic N) is 7.